The van der Waals surface area contributed by atoms with Gasteiger partial charge in [-0.3, -0.25) is 0 Å². The van der Waals surface area contributed by atoms with Crippen LogP contribution in [0.3, 0.4) is 0 Å². The molecule has 0 radical (unpaired) electrons. The Hall–Kier alpha value is -2.90. The van der Waals surface area contributed by atoms with Gasteiger partial charge in [0.05, 0.1) is 31.7 Å². The molecule has 7 heteroatoms. The van der Waals surface area contributed by atoms with Crippen LogP contribution in [0.15, 0.2) is 48.2 Å². The summed E-state index contributed by atoms with van der Waals surface area (Å²) in [7, 11) is 5.08. The molecular formula is C25H36N4O3. The summed E-state index contributed by atoms with van der Waals surface area (Å²) in [6.07, 6.45) is 6.41. The largest absolute Gasteiger partial charge is 0.497 e. The number of hydrazine groups is 1. The van der Waals surface area contributed by atoms with Crippen LogP contribution in [0.5, 0.6) is 17.2 Å². The minimum atomic E-state index is 0.326. The van der Waals surface area contributed by atoms with E-state index in [1.54, 1.807) is 26.3 Å². The van der Waals surface area contributed by atoms with Crippen molar-refractivity contribution in [2.75, 3.05) is 27.8 Å². The Morgan fingerprint density at radius 2 is 1.69 bits per heavy atom. The molecule has 1 saturated carbocycles. The average Bonchev–Trinajstić information content (AvgIpc) is 2.82. The van der Waals surface area contributed by atoms with E-state index in [4.69, 9.17) is 25.8 Å². The molecule has 1 fully saturated rings. The van der Waals surface area contributed by atoms with Crippen LogP contribution in [0.2, 0.25) is 0 Å². The maximum atomic E-state index is 6.48. The molecule has 1 aliphatic carbocycles. The van der Waals surface area contributed by atoms with Gasteiger partial charge in [-0.1, -0.05) is 12.5 Å². The number of likely N-dealkylation sites (N-methyl/N-ethyl adjacent to an activating group) is 1. The van der Waals surface area contributed by atoms with Crippen LogP contribution >= 0.6 is 0 Å². The summed E-state index contributed by atoms with van der Waals surface area (Å²) in [6, 6.07) is 13.7. The molecule has 174 valence electrons. The lowest BCUT2D eigenvalue weighted by Crippen LogP contribution is -2.34. The van der Waals surface area contributed by atoms with Crippen molar-refractivity contribution in [2.45, 2.75) is 44.8 Å². The zero-order valence-corrected chi connectivity index (χ0v) is 19.4. The Labute approximate surface area is 191 Å². The van der Waals surface area contributed by atoms with Gasteiger partial charge in [-0.2, -0.15) is 0 Å². The van der Waals surface area contributed by atoms with Gasteiger partial charge in [-0.05, 0) is 61.6 Å². The number of ether oxygens (including phenoxy) is 3. The molecule has 0 atom stereocenters. The molecule has 7 nitrogen and oxygen atoms in total. The molecule has 1 aliphatic rings. The predicted octanol–water partition coefficient (Wildman–Crippen LogP) is 3.64. The fraction of sp³-hybridized carbons (Fsp3) is 0.440. The number of rotatable bonds is 10. The van der Waals surface area contributed by atoms with Crippen LogP contribution in [-0.2, 0) is 6.54 Å². The van der Waals surface area contributed by atoms with E-state index in [-0.39, 0.29) is 0 Å². The van der Waals surface area contributed by atoms with E-state index < -0.39 is 0 Å². The second-order valence-corrected chi connectivity index (χ2v) is 8.15. The molecular weight excluding hydrogens is 404 g/mol. The molecule has 0 saturated heterocycles. The Kier molecular flexibility index (Phi) is 8.64. The third-order valence-electron chi connectivity index (χ3n) is 5.86. The van der Waals surface area contributed by atoms with Gasteiger partial charge in [0.15, 0.2) is 0 Å². The van der Waals surface area contributed by atoms with Crippen molar-refractivity contribution in [3.63, 3.8) is 0 Å². The van der Waals surface area contributed by atoms with E-state index in [0.29, 0.717) is 24.9 Å². The topological polar surface area (TPSA) is 95.0 Å². The standard InChI is InChI=1S/C25H36N4O3/c1-29(27)23(17-28-16-19-11-14-22(30-2)15-24(19)31-3)25(26)18-9-12-21(13-10-18)32-20-7-5-4-6-8-20/h9-15,20,28H,4-8,16-17,26-27H2,1-3H3/b25-23-. The van der Waals surface area contributed by atoms with Crippen LogP contribution < -0.4 is 31.1 Å². The fourth-order valence-corrected chi connectivity index (χ4v) is 3.98. The second-order valence-electron chi connectivity index (χ2n) is 8.15. The monoisotopic (exact) mass is 440 g/mol. The first-order valence-corrected chi connectivity index (χ1v) is 11.2. The Bertz CT molecular complexity index is 891. The Balaban J connectivity index is 1.65. The van der Waals surface area contributed by atoms with Gasteiger partial charge in [0.2, 0.25) is 0 Å². The molecule has 2 aromatic rings. The molecule has 3 rings (SSSR count). The van der Waals surface area contributed by atoms with E-state index in [9.17, 15) is 0 Å². The van der Waals surface area contributed by atoms with E-state index in [0.717, 1.165) is 46.9 Å². The number of nitrogens with zero attached hydrogens (tertiary/aromatic N) is 1. The summed E-state index contributed by atoms with van der Waals surface area (Å²) >= 11 is 0. The normalized spacial score (nSPS) is 15.1. The molecule has 5 N–H and O–H groups in total. The minimum Gasteiger partial charge on any atom is -0.497 e. The Morgan fingerprint density at radius 1 is 1.00 bits per heavy atom. The maximum Gasteiger partial charge on any atom is 0.127 e. The van der Waals surface area contributed by atoms with E-state index >= 15 is 0 Å². The van der Waals surface area contributed by atoms with Gasteiger partial charge in [-0.25, -0.2) is 5.84 Å². The summed E-state index contributed by atoms with van der Waals surface area (Å²) in [5.41, 5.74) is 9.86. The smallest absolute Gasteiger partial charge is 0.127 e. The van der Waals surface area contributed by atoms with Crippen molar-refractivity contribution >= 4 is 5.70 Å². The van der Waals surface area contributed by atoms with Crippen molar-refractivity contribution in [3.05, 3.63) is 59.3 Å². The van der Waals surface area contributed by atoms with E-state index in [1.165, 1.54) is 19.3 Å². The molecule has 2 aromatic carbocycles. The highest BCUT2D eigenvalue weighted by molar-refractivity contribution is 5.66. The summed E-state index contributed by atoms with van der Waals surface area (Å²) in [6.45, 7) is 1.11. The number of hydrogen-bond donors (Lipinski definition) is 3. The number of methoxy groups -OCH3 is 2. The van der Waals surface area contributed by atoms with Gasteiger partial charge < -0.3 is 30.3 Å². The van der Waals surface area contributed by atoms with E-state index in [2.05, 4.69) is 5.32 Å². The number of nitrogens with two attached hydrogens (primary N) is 2. The predicted molar refractivity (Wildman–Crippen MR) is 128 cm³/mol. The third kappa shape index (κ3) is 6.31. The zero-order valence-electron chi connectivity index (χ0n) is 19.4. The lowest BCUT2D eigenvalue weighted by molar-refractivity contribution is 0.155. The highest BCUT2D eigenvalue weighted by atomic mass is 16.5. The van der Waals surface area contributed by atoms with Crippen LogP contribution in [-0.4, -0.2) is 38.9 Å². The van der Waals surface area contributed by atoms with Gasteiger partial charge >= 0.3 is 0 Å². The number of hydrogen-bond acceptors (Lipinski definition) is 7. The molecule has 0 aromatic heterocycles. The zero-order chi connectivity index (χ0) is 22.9. The van der Waals surface area contributed by atoms with Gasteiger partial charge in [0, 0.05) is 31.8 Å². The fourth-order valence-electron chi connectivity index (χ4n) is 3.98. The Morgan fingerprint density at radius 3 is 2.31 bits per heavy atom. The number of nitrogens with one attached hydrogen (secondary N) is 1. The van der Waals surface area contributed by atoms with Gasteiger partial charge in [0.25, 0.3) is 0 Å². The van der Waals surface area contributed by atoms with Crippen LogP contribution in [0.1, 0.15) is 43.2 Å². The maximum absolute atomic E-state index is 6.48. The number of benzene rings is 2. The van der Waals surface area contributed by atoms with Crippen molar-refractivity contribution in [2.24, 2.45) is 11.6 Å². The molecule has 0 aliphatic heterocycles. The first-order chi connectivity index (χ1) is 15.5. The quantitative estimate of drug-likeness (QED) is 0.383. The lowest BCUT2D eigenvalue weighted by atomic mass is 9.98. The molecule has 32 heavy (non-hydrogen) atoms. The summed E-state index contributed by atoms with van der Waals surface area (Å²) in [4.78, 5) is 0. The third-order valence-corrected chi connectivity index (χ3v) is 5.86. The molecule has 0 heterocycles. The van der Waals surface area contributed by atoms with Crippen LogP contribution in [0, 0.1) is 0 Å². The highest BCUT2D eigenvalue weighted by Crippen LogP contribution is 2.26. The molecule has 0 bridgehead atoms. The first-order valence-electron chi connectivity index (χ1n) is 11.2. The second kappa shape index (κ2) is 11.6. The van der Waals surface area contributed by atoms with Crippen LogP contribution in [0.25, 0.3) is 5.70 Å². The van der Waals surface area contributed by atoms with Crippen LogP contribution in [0.4, 0.5) is 0 Å². The van der Waals surface area contributed by atoms with Gasteiger partial charge in [-0.15, -0.1) is 0 Å². The SMILES string of the molecule is COc1ccc(CNC/C(=C(/N)c2ccc(OC3CCCCC3)cc2)N(C)N)c(OC)c1. The molecule has 0 spiro atoms. The average molecular weight is 441 g/mol. The van der Waals surface area contributed by atoms with Crippen molar-refractivity contribution in [3.8, 4) is 17.2 Å². The summed E-state index contributed by atoms with van der Waals surface area (Å²) in [5, 5.41) is 4.96. The van der Waals surface area contributed by atoms with Gasteiger partial charge in [0.1, 0.15) is 17.2 Å². The summed E-state index contributed by atoms with van der Waals surface area (Å²) in [5.74, 6) is 8.51. The van der Waals surface area contributed by atoms with Crippen molar-refractivity contribution < 1.29 is 14.2 Å². The molecule has 0 unspecified atom stereocenters. The van der Waals surface area contributed by atoms with E-state index in [1.807, 2.05) is 42.5 Å². The first kappa shape index (κ1) is 23.8. The summed E-state index contributed by atoms with van der Waals surface area (Å²) < 4.78 is 16.9. The van der Waals surface area contributed by atoms with Crippen molar-refractivity contribution in [1.82, 2.24) is 10.3 Å². The minimum absolute atomic E-state index is 0.326. The highest BCUT2D eigenvalue weighted by Gasteiger charge is 2.15. The lowest BCUT2D eigenvalue weighted by Gasteiger charge is -2.23. The molecule has 0 amide bonds. The van der Waals surface area contributed by atoms with Crippen molar-refractivity contribution in [1.29, 1.82) is 0 Å².